The summed E-state index contributed by atoms with van der Waals surface area (Å²) in [5, 5.41) is 13.9. The van der Waals surface area contributed by atoms with Crippen LogP contribution in [0.25, 0.3) is 0 Å². The lowest BCUT2D eigenvalue weighted by Crippen LogP contribution is -2.44. The highest BCUT2D eigenvalue weighted by molar-refractivity contribution is 7.99. The summed E-state index contributed by atoms with van der Waals surface area (Å²) in [6.07, 6.45) is 2.85. The first-order chi connectivity index (χ1) is 9.41. The molecule has 1 aliphatic carbocycles. The smallest absolute Gasteiger partial charge is 0.224 e. The molecule has 2 N–H and O–H groups in total. The summed E-state index contributed by atoms with van der Waals surface area (Å²) in [5.74, 6) is 1.81. The molecule has 2 heterocycles. The van der Waals surface area contributed by atoms with Gasteiger partial charge in [0.05, 0.1) is 21.7 Å². The number of aryl methyl sites for hydroxylation is 1. The Labute approximate surface area is 129 Å². The number of aliphatic hydroxyl groups is 1. The van der Waals surface area contributed by atoms with E-state index in [1.54, 1.807) is 11.8 Å². The molecule has 2 aliphatic rings. The van der Waals surface area contributed by atoms with Crippen molar-refractivity contribution in [3.63, 3.8) is 0 Å². The Hall–Kier alpha value is -0.520. The van der Waals surface area contributed by atoms with Crippen LogP contribution in [0.1, 0.15) is 46.2 Å². The molecule has 3 rings (SSSR count). The monoisotopic (exact) mass is 315 g/mol. The number of hydrogen-bond donors (Lipinski definition) is 2. The van der Waals surface area contributed by atoms with Crippen molar-refractivity contribution in [2.45, 2.75) is 63.0 Å². The third kappa shape index (κ3) is 2.90. The third-order valence-electron chi connectivity index (χ3n) is 3.77. The minimum Gasteiger partial charge on any atom is -0.388 e. The Kier molecular flexibility index (Phi) is 4.52. The summed E-state index contributed by atoms with van der Waals surface area (Å²) in [5.41, 5.74) is -0.00335. The molecular weight excluding hydrogens is 294 g/mol. The van der Waals surface area contributed by atoms with Crippen molar-refractivity contribution in [1.82, 2.24) is 9.97 Å². The van der Waals surface area contributed by atoms with E-state index in [9.17, 15) is 5.11 Å². The van der Waals surface area contributed by atoms with Crippen molar-refractivity contribution >= 4 is 29.2 Å². The zero-order valence-corrected chi connectivity index (χ0v) is 14.0. The van der Waals surface area contributed by atoms with E-state index in [1.165, 1.54) is 0 Å². The van der Waals surface area contributed by atoms with E-state index < -0.39 is 5.60 Å². The molecule has 0 bridgehead atoms. The van der Waals surface area contributed by atoms with Crippen LogP contribution < -0.4 is 5.32 Å². The second-order valence-corrected chi connectivity index (χ2v) is 6.92. The Morgan fingerprint density at radius 3 is 2.50 bits per heavy atom. The Morgan fingerprint density at radius 1 is 1.30 bits per heavy atom. The van der Waals surface area contributed by atoms with Crippen LogP contribution in [0.5, 0.6) is 0 Å². The van der Waals surface area contributed by atoms with Crippen molar-refractivity contribution in [2.75, 3.05) is 11.1 Å². The van der Waals surface area contributed by atoms with Gasteiger partial charge in [-0.2, -0.15) is 4.98 Å². The SMILES string of the molecule is CC.CC(C)(O)C1(Nc2nc(Cl)nc3c2SCC3)CC1. The highest BCUT2D eigenvalue weighted by atomic mass is 35.5. The van der Waals surface area contributed by atoms with E-state index in [1.807, 2.05) is 27.7 Å². The molecule has 1 aliphatic heterocycles. The summed E-state index contributed by atoms with van der Waals surface area (Å²) in [6.45, 7) is 7.67. The van der Waals surface area contributed by atoms with Gasteiger partial charge in [0.25, 0.3) is 0 Å². The minimum absolute atomic E-state index is 0.262. The number of nitrogens with one attached hydrogen (secondary N) is 1. The molecule has 0 amide bonds. The lowest BCUT2D eigenvalue weighted by Gasteiger charge is -2.31. The van der Waals surface area contributed by atoms with E-state index in [0.29, 0.717) is 0 Å². The fraction of sp³-hybridized carbons (Fsp3) is 0.714. The van der Waals surface area contributed by atoms with Crippen molar-refractivity contribution in [2.24, 2.45) is 0 Å². The van der Waals surface area contributed by atoms with Crippen LogP contribution in [0.3, 0.4) is 0 Å². The fourth-order valence-corrected chi connectivity index (χ4v) is 3.60. The van der Waals surface area contributed by atoms with Crippen molar-refractivity contribution in [3.8, 4) is 0 Å². The minimum atomic E-state index is -0.763. The standard InChI is InChI=1S/C12H16ClN3OS.C2H6/c1-11(2,17)12(4-5-12)16-9-8-7(3-6-18-8)14-10(13)15-9;1-2/h17H,3-6H2,1-2H3,(H,14,15,16);1-2H3. The number of anilines is 1. The average Bonchev–Trinajstić information content (AvgIpc) is 3.01. The summed E-state index contributed by atoms with van der Waals surface area (Å²) in [6, 6.07) is 0. The Balaban J connectivity index is 0.000000704. The lowest BCUT2D eigenvalue weighted by molar-refractivity contribution is 0.0493. The number of rotatable bonds is 3. The predicted octanol–water partition coefficient (Wildman–Crippen LogP) is 3.52. The Bertz CT molecular complexity index is 498. The molecule has 0 radical (unpaired) electrons. The van der Waals surface area contributed by atoms with Crippen LogP contribution in [0.4, 0.5) is 5.82 Å². The van der Waals surface area contributed by atoms with Crippen LogP contribution in [-0.4, -0.2) is 32.0 Å². The van der Waals surface area contributed by atoms with Crippen LogP contribution in [0.15, 0.2) is 4.90 Å². The highest BCUT2D eigenvalue weighted by Gasteiger charge is 2.54. The van der Waals surface area contributed by atoms with Gasteiger partial charge in [0.15, 0.2) is 0 Å². The van der Waals surface area contributed by atoms with Crippen LogP contribution in [0, 0.1) is 0 Å². The second kappa shape index (κ2) is 5.70. The molecule has 4 nitrogen and oxygen atoms in total. The normalized spacial score (nSPS) is 18.9. The molecule has 0 spiro atoms. The first kappa shape index (κ1) is 15.9. The molecule has 0 aromatic carbocycles. The van der Waals surface area contributed by atoms with E-state index in [-0.39, 0.29) is 10.8 Å². The Morgan fingerprint density at radius 2 is 1.95 bits per heavy atom. The first-order valence-electron chi connectivity index (χ1n) is 7.11. The maximum atomic E-state index is 10.2. The van der Waals surface area contributed by atoms with E-state index in [4.69, 9.17) is 11.6 Å². The second-order valence-electron chi connectivity index (χ2n) is 5.48. The van der Waals surface area contributed by atoms with Crippen molar-refractivity contribution in [1.29, 1.82) is 0 Å². The topological polar surface area (TPSA) is 58.0 Å². The number of nitrogens with zero attached hydrogens (tertiary/aromatic N) is 2. The molecule has 6 heteroatoms. The first-order valence-corrected chi connectivity index (χ1v) is 8.47. The molecule has 0 saturated heterocycles. The van der Waals surface area contributed by atoms with E-state index in [2.05, 4.69) is 15.3 Å². The third-order valence-corrected chi connectivity index (χ3v) is 5.07. The number of hydrogen-bond acceptors (Lipinski definition) is 5. The van der Waals surface area contributed by atoms with Gasteiger partial charge in [0, 0.05) is 12.2 Å². The van der Waals surface area contributed by atoms with Crippen molar-refractivity contribution < 1.29 is 5.11 Å². The fourth-order valence-electron chi connectivity index (χ4n) is 2.36. The maximum Gasteiger partial charge on any atom is 0.224 e. The van der Waals surface area contributed by atoms with Gasteiger partial charge < -0.3 is 10.4 Å². The summed E-state index contributed by atoms with van der Waals surface area (Å²) < 4.78 is 0. The van der Waals surface area contributed by atoms with E-state index >= 15 is 0 Å². The molecule has 0 atom stereocenters. The molecular formula is C14H22ClN3OS. The number of halogens is 1. The molecule has 1 fully saturated rings. The summed E-state index contributed by atoms with van der Waals surface area (Å²) >= 11 is 7.71. The van der Waals surface area contributed by atoms with Gasteiger partial charge in [-0.3, -0.25) is 0 Å². The molecule has 1 aromatic rings. The van der Waals surface area contributed by atoms with Crippen LogP contribution in [0.2, 0.25) is 5.28 Å². The van der Waals surface area contributed by atoms with Crippen LogP contribution >= 0.6 is 23.4 Å². The number of fused-ring (bicyclic) bond motifs is 1. The zero-order chi connectivity index (χ0) is 15.0. The average molecular weight is 316 g/mol. The number of thioether (sulfide) groups is 1. The lowest BCUT2D eigenvalue weighted by atomic mass is 9.96. The van der Waals surface area contributed by atoms with Crippen molar-refractivity contribution in [3.05, 3.63) is 11.0 Å². The highest BCUT2D eigenvalue weighted by Crippen LogP contribution is 2.49. The molecule has 20 heavy (non-hydrogen) atoms. The zero-order valence-electron chi connectivity index (χ0n) is 12.5. The van der Waals surface area contributed by atoms with E-state index in [0.717, 1.165) is 41.4 Å². The summed E-state index contributed by atoms with van der Waals surface area (Å²) in [7, 11) is 0. The van der Waals surface area contributed by atoms with Crippen LogP contribution in [-0.2, 0) is 6.42 Å². The molecule has 112 valence electrons. The van der Waals surface area contributed by atoms with Gasteiger partial charge in [-0.15, -0.1) is 11.8 Å². The van der Waals surface area contributed by atoms with Gasteiger partial charge in [-0.25, -0.2) is 4.98 Å². The number of aromatic nitrogens is 2. The quantitative estimate of drug-likeness (QED) is 0.836. The maximum absolute atomic E-state index is 10.2. The largest absolute Gasteiger partial charge is 0.388 e. The van der Waals surface area contributed by atoms with Gasteiger partial charge in [0.1, 0.15) is 5.82 Å². The predicted molar refractivity (Wildman–Crippen MR) is 84.7 cm³/mol. The van der Waals surface area contributed by atoms with Gasteiger partial charge in [-0.05, 0) is 38.3 Å². The van der Waals surface area contributed by atoms with Gasteiger partial charge in [0.2, 0.25) is 5.28 Å². The molecule has 1 aromatic heterocycles. The molecule has 1 saturated carbocycles. The molecule has 0 unspecified atom stereocenters. The van der Waals surface area contributed by atoms with Gasteiger partial charge >= 0.3 is 0 Å². The van der Waals surface area contributed by atoms with Gasteiger partial charge in [-0.1, -0.05) is 13.8 Å². The summed E-state index contributed by atoms with van der Waals surface area (Å²) in [4.78, 5) is 9.65.